The van der Waals surface area contributed by atoms with Gasteiger partial charge in [0.1, 0.15) is 0 Å². The lowest BCUT2D eigenvalue weighted by Gasteiger charge is -2.35. The minimum Gasteiger partial charge on any atom is -0.395 e. The van der Waals surface area contributed by atoms with Crippen LogP contribution in [0.1, 0.15) is 12.0 Å². The number of hydrogen-bond acceptors (Lipinski definition) is 6. The molecule has 1 aliphatic rings. The zero-order chi connectivity index (χ0) is 23.4. The van der Waals surface area contributed by atoms with Crippen molar-refractivity contribution in [3.8, 4) is 0 Å². The molecule has 0 saturated carbocycles. The third-order valence-corrected chi connectivity index (χ3v) is 6.72. The minimum atomic E-state index is -0.219. The lowest BCUT2D eigenvalue weighted by Crippen LogP contribution is -2.47. The summed E-state index contributed by atoms with van der Waals surface area (Å²) in [7, 11) is 0. The maximum absolute atomic E-state index is 13.1. The Hall–Kier alpha value is -2.45. The Labute approximate surface area is 202 Å². The van der Waals surface area contributed by atoms with E-state index in [0.717, 1.165) is 37.4 Å². The number of aromatic nitrogens is 2. The first-order valence-electron chi connectivity index (χ1n) is 11.0. The van der Waals surface area contributed by atoms with Crippen LogP contribution in [0.5, 0.6) is 0 Å². The number of anilines is 1. The molecule has 0 aliphatic carbocycles. The van der Waals surface area contributed by atoms with Crippen molar-refractivity contribution in [1.29, 1.82) is 0 Å². The number of benzene rings is 2. The standard InChI is InChI=1S/C24H26Cl2N4O3/c25-21-5-2-17(13-22(21)26)1-4-19(32)15-30-16-27-23-6-3-18(14-20(23)24(30)33)29-9-7-28(8-10-29)11-12-31/h2-3,5-6,13-14,16,31H,1,4,7-12,15H2. The van der Waals surface area contributed by atoms with Crippen LogP contribution in [-0.2, 0) is 17.8 Å². The summed E-state index contributed by atoms with van der Waals surface area (Å²) in [5.41, 5.74) is 2.28. The van der Waals surface area contributed by atoms with E-state index in [2.05, 4.69) is 14.8 Å². The van der Waals surface area contributed by atoms with E-state index in [1.807, 2.05) is 24.3 Å². The second kappa shape index (κ2) is 10.7. The van der Waals surface area contributed by atoms with Gasteiger partial charge in [-0.1, -0.05) is 29.3 Å². The SMILES string of the molecule is O=C(CCc1ccc(Cl)c(Cl)c1)Cn1cnc2ccc(N3CCN(CCO)CC3)cc2c1=O. The van der Waals surface area contributed by atoms with Gasteiger partial charge in [0.25, 0.3) is 5.56 Å². The van der Waals surface area contributed by atoms with Crippen molar-refractivity contribution in [1.82, 2.24) is 14.5 Å². The van der Waals surface area contributed by atoms with Crippen molar-refractivity contribution in [2.24, 2.45) is 0 Å². The molecule has 0 unspecified atom stereocenters. The summed E-state index contributed by atoms with van der Waals surface area (Å²) >= 11 is 12.0. The maximum Gasteiger partial charge on any atom is 0.261 e. The average molecular weight is 489 g/mol. The number of carbonyl (C=O) groups excluding carboxylic acids is 1. The highest BCUT2D eigenvalue weighted by molar-refractivity contribution is 6.42. The molecule has 1 aliphatic heterocycles. The number of nitrogens with zero attached hydrogens (tertiary/aromatic N) is 4. The number of fused-ring (bicyclic) bond motifs is 1. The third-order valence-electron chi connectivity index (χ3n) is 5.98. The maximum atomic E-state index is 13.1. The first kappa shape index (κ1) is 23.7. The number of aryl methyl sites for hydroxylation is 1. The molecular weight excluding hydrogens is 463 g/mol. The summed E-state index contributed by atoms with van der Waals surface area (Å²) in [5, 5.41) is 10.6. The number of β-amino-alcohol motifs (C(OH)–C–C–N with tert-alkyl or cyclic N) is 1. The molecule has 4 rings (SSSR count). The molecule has 2 heterocycles. The Morgan fingerprint density at radius 1 is 1.03 bits per heavy atom. The van der Waals surface area contributed by atoms with Crippen molar-refractivity contribution in [2.45, 2.75) is 19.4 Å². The number of ketones is 1. The molecule has 9 heteroatoms. The van der Waals surface area contributed by atoms with Crippen LogP contribution in [-0.4, -0.2) is 64.7 Å². The number of rotatable bonds is 8. The quantitative estimate of drug-likeness (QED) is 0.524. The fourth-order valence-corrected chi connectivity index (χ4v) is 4.40. The van der Waals surface area contributed by atoms with Crippen LogP contribution >= 0.6 is 23.2 Å². The van der Waals surface area contributed by atoms with Gasteiger partial charge in [0.05, 0.1) is 40.4 Å². The molecule has 3 aromatic rings. The highest BCUT2D eigenvalue weighted by Gasteiger charge is 2.18. The van der Waals surface area contributed by atoms with Gasteiger partial charge in [-0.2, -0.15) is 0 Å². The van der Waals surface area contributed by atoms with Gasteiger partial charge < -0.3 is 10.0 Å². The number of halogens is 2. The lowest BCUT2D eigenvalue weighted by atomic mass is 10.1. The van der Waals surface area contributed by atoms with Crippen LogP contribution in [0.3, 0.4) is 0 Å². The number of aliphatic hydroxyl groups excluding tert-OH is 1. The van der Waals surface area contributed by atoms with Crippen molar-refractivity contribution in [3.63, 3.8) is 0 Å². The van der Waals surface area contributed by atoms with E-state index in [1.165, 1.54) is 10.9 Å². The Balaban J connectivity index is 1.45. The van der Waals surface area contributed by atoms with Gasteiger partial charge in [-0.15, -0.1) is 0 Å². The summed E-state index contributed by atoms with van der Waals surface area (Å²) < 4.78 is 1.38. The number of aliphatic hydroxyl groups is 1. The minimum absolute atomic E-state index is 0.0207. The summed E-state index contributed by atoms with van der Waals surface area (Å²) in [6.07, 6.45) is 2.26. The molecule has 174 valence electrons. The smallest absolute Gasteiger partial charge is 0.261 e. The van der Waals surface area contributed by atoms with Gasteiger partial charge in [-0.3, -0.25) is 19.1 Å². The van der Waals surface area contributed by atoms with Crippen molar-refractivity contribution in [3.05, 3.63) is 68.7 Å². The fraction of sp³-hybridized carbons (Fsp3) is 0.375. The van der Waals surface area contributed by atoms with Crippen molar-refractivity contribution in [2.75, 3.05) is 44.2 Å². The van der Waals surface area contributed by atoms with Crippen LogP contribution in [0.2, 0.25) is 10.0 Å². The Morgan fingerprint density at radius 2 is 1.82 bits per heavy atom. The van der Waals surface area contributed by atoms with E-state index < -0.39 is 0 Å². The van der Waals surface area contributed by atoms with Gasteiger partial charge >= 0.3 is 0 Å². The topological polar surface area (TPSA) is 78.7 Å². The highest BCUT2D eigenvalue weighted by Crippen LogP contribution is 2.23. The molecule has 1 N–H and O–H groups in total. The monoisotopic (exact) mass is 488 g/mol. The summed E-state index contributed by atoms with van der Waals surface area (Å²) in [5.74, 6) is -0.0551. The Bertz CT molecular complexity index is 1210. The molecule has 1 fully saturated rings. The van der Waals surface area contributed by atoms with E-state index >= 15 is 0 Å². The molecule has 0 amide bonds. The van der Waals surface area contributed by atoms with Gasteiger partial charge in [-0.25, -0.2) is 4.98 Å². The molecule has 0 radical (unpaired) electrons. The Morgan fingerprint density at radius 3 is 2.55 bits per heavy atom. The highest BCUT2D eigenvalue weighted by atomic mass is 35.5. The lowest BCUT2D eigenvalue weighted by molar-refractivity contribution is -0.119. The first-order chi connectivity index (χ1) is 15.9. The zero-order valence-corrected chi connectivity index (χ0v) is 19.7. The second-order valence-corrected chi connectivity index (χ2v) is 9.03. The van der Waals surface area contributed by atoms with Gasteiger partial charge in [0, 0.05) is 44.8 Å². The van der Waals surface area contributed by atoms with E-state index in [4.69, 9.17) is 28.3 Å². The normalized spacial score (nSPS) is 14.7. The molecule has 0 spiro atoms. The van der Waals surface area contributed by atoms with E-state index in [0.29, 0.717) is 40.3 Å². The predicted octanol–water partition coefficient (Wildman–Crippen LogP) is 3.02. The van der Waals surface area contributed by atoms with E-state index in [1.54, 1.807) is 12.1 Å². The van der Waals surface area contributed by atoms with Crippen LogP contribution in [0, 0.1) is 0 Å². The summed E-state index contributed by atoms with van der Waals surface area (Å²) in [4.78, 5) is 34.5. The van der Waals surface area contributed by atoms with Crippen molar-refractivity contribution >= 4 is 45.6 Å². The van der Waals surface area contributed by atoms with Crippen LogP contribution in [0.4, 0.5) is 5.69 Å². The summed E-state index contributed by atoms with van der Waals surface area (Å²) in [6.45, 7) is 4.20. The van der Waals surface area contributed by atoms with Gasteiger partial charge in [0.2, 0.25) is 0 Å². The molecule has 7 nitrogen and oxygen atoms in total. The number of piperazine rings is 1. The zero-order valence-electron chi connectivity index (χ0n) is 18.2. The molecule has 33 heavy (non-hydrogen) atoms. The third kappa shape index (κ3) is 5.73. The number of Topliss-reactive ketones (excluding diaryl/α,β-unsaturated/α-hetero) is 1. The largest absolute Gasteiger partial charge is 0.395 e. The predicted molar refractivity (Wildman–Crippen MR) is 132 cm³/mol. The first-order valence-corrected chi connectivity index (χ1v) is 11.7. The van der Waals surface area contributed by atoms with Crippen LogP contribution < -0.4 is 10.5 Å². The van der Waals surface area contributed by atoms with E-state index in [-0.39, 0.29) is 24.5 Å². The Kier molecular flexibility index (Phi) is 7.65. The molecule has 0 atom stereocenters. The molecule has 1 saturated heterocycles. The van der Waals surface area contributed by atoms with Crippen LogP contribution in [0.15, 0.2) is 47.5 Å². The van der Waals surface area contributed by atoms with Gasteiger partial charge in [-0.05, 0) is 42.3 Å². The molecular formula is C24H26Cl2N4O3. The van der Waals surface area contributed by atoms with Crippen LogP contribution in [0.25, 0.3) is 10.9 Å². The molecule has 1 aromatic heterocycles. The fourth-order valence-electron chi connectivity index (χ4n) is 4.08. The second-order valence-electron chi connectivity index (χ2n) is 8.22. The van der Waals surface area contributed by atoms with Gasteiger partial charge in [0.15, 0.2) is 5.78 Å². The van der Waals surface area contributed by atoms with Crippen molar-refractivity contribution < 1.29 is 9.90 Å². The molecule has 0 bridgehead atoms. The average Bonchev–Trinajstić information content (AvgIpc) is 2.82. The molecule has 2 aromatic carbocycles. The number of hydrogen-bond donors (Lipinski definition) is 1. The summed E-state index contributed by atoms with van der Waals surface area (Å²) in [6, 6.07) is 11.0. The number of carbonyl (C=O) groups is 1. The van der Waals surface area contributed by atoms with E-state index in [9.17, 15) is 9.59 Å².